The van der Waals surface area contributed by atoms with E-state index in [0.29, 0.717) is 12.3 Å². The van der Waals surface area contributed by atoms with Crippen molar-refractivity contribution in [3.05, 3.63) is 0 Å². The number of hydrogen-bond donors (Lipinski definition) is 1. The summed E-state index contributed by atoms with van der Waals surface area (Å²) in [6.45, 7) is 6.23. The lowest BCUT2D eigenvalue weighted by atomic mass is 9.75. The van der Waals surface area contributed by atoms with Gasteiger partial charge in [0.25, 0.3) is 0 Å². The monoisotopic (exact) mass is 197 g/mol. The second-order valence-corrected chi connectivity index (χ2v) is 4.41. The molecule has 1 N–H and O–H groups in total. The first-order chi connectivity index (χ1) is 6.54. The Balaban J connectivity index is 2.76. The highest BCUT2D eigenvalue weighted by Crippen LogP contribution is 2.38. The maximum atomic E-state index is 11.7. The third kappa shape index (κ3) is 1.97. The van der Waals surface area contributed by atoms with Gasteiger partial charge < -0.3 is 0 Å². The van der Waals surface area contributed by atoms with E-state index in [0.717, 1.165) is 19.3 Å². The van der Waals surface area contributed by atoms with E-state index in [2.05, 4.69) is 19.2 Å². The summed E-state index contributed by atoms with van der Waals surface area (Å²) in [5.41, 5.74) is -0.410. The van der Waals surface area contributed by atoms with Gasteiger partial charge in [0.2, 0.25) is 11.8 Å². The number of amides is 2. The second kappa shape index (κ2) is 4.11. The molecule has 0 saturated carbocycles. The molecule has 0 radical (unpaired) electrons. The van der Waals surface area contributed by atoms with Crippen LogP contribution in [0, 0.1) is 11.3 Å². The minimum atomic E-state index is -0.410. The summed E-state index contributed by atoms with van der Waals surface area (Å²) >= 11 is 0. The van der Waals surface area contributed by atoms with Crippen molar-refractivity contribution in [2.45, 2.75) is 46.5 Å². The van der Waals surface area contributed by atoms with E-state index in [1.807, 2.05) is 6.92 Å². The number of imide groups is 1. The molecule has 80 valence electrons. The molecule has 0 bridgehead atoms. The van der Waals surface area contributed by atoms with Gasteiger partial charge in [-0.1, -0.05) is 27.2 Å². The van der Waals surface area contributed by atoms with Crippen LogP contribution >= 0.6 is 0 Å². The Morgan fingerprint density at radius 2 is 2.07 bits per heavy atom. The molecule has 1 aliphatic heterocycles. The molecule has 1 saturated heterocycles. The first-order valence-corrected chi connectivity index (χ1v) is 5.38. The van der Waals surface area contributed by atoms with E-state index in [9.17, 15) is 9.59 Å². The van der Waals surface area contributed by atoms with E-state index >= 15 is 0 Å². The fourth-order valence-electron chi connectivity index (χ4n) is 2.10. The molecule has 1 aliphatic rings. The molecule has 1 rings (SSSR count). The fourth-order valence-corrected chi connectivity index (χ4v) is 2.10. The van der Waals surface area contributed by atoms with Gasteiger partial charge in [-0.05, 0) is 18.8 Å². The Morgan fingerprint density at radius 1 is 1.43 bits per heavy atom. The van der Waals surface area contributed by atoms with Crippen molar-refractivity contribution in [2.24, 2.45) is 11.3 Å². The van der Waals surface area contributed by atoms with Gasteiger partial charge >= 0.3 is 0 Å². The lowest BCUT2D eigenvalue weighted by Gasteiger charge is -2.26. The van der Waals surface area contributed by atoms with Crippen LogP contribution in [-0.4, -0.2) is 11.8 Å². The van der Waals surface area contributed by atoms with Gasteiger partial charge in [-0.25, -0.2) is 0 Å². The van der Waals surface area contributed by atoms with Crippen LogP contribution in [0.3, 0.4) is 0 Å². The molecule has 2 amide bonds. The molecular weight excluding hydrogens is 178 g/mol. The van der Waals surface area contributed by atoms with E-state index in [4.69, 9.17) is 0 Å². The van der Waals surface area contributed by atoms with Crippen molar-refractivity contribution in [2.75, 3.05) is 0 Å². The molecule has 0 aromatic heterocycles. The molecule has 3 heteroatoms. The number of rotatable bonds is 4. The topological polar surface area (TPSA) is 46.2 Å². The van der Waals surface area contributed by atoms with E-state index in [1.54, 1.807) is 0 Å². The van der Waals surface area contributed by atoms with Crippen molar-refractivity contribution in [3.8, 4) is 0 Å². The average molecular weight is 197 g/mol. The highest BCUT2D eigenvalue weighted by atomic mass is 16.2. The lowest BCUT2D eigenvalue weighted by Crippen LogP contribution is -2.32. The second-order valence-electron chi connectivity index (χ2n) is 4.41. The zero-order valence-corrected chi connectivity index (χ0v) is 9.22. The summed E-state index contributed by atoms with van der Waals surface area (Å²) in [5, 5.41) is 2.41. The van der Waals surface area contributed by atoms with Crippen LogP contribution in [0.25, 0.3) is 0 Å². The van der Waals surface area contributed by atoms with Crippen molar-refractivity contribution in [3.63, 3.8) is 0 Å². The fraction of sp³-hybridized carbons (Fsp3) is 0.818. The Labute approximate surface area is 85.3 Å². The zero-order chi connectivity index (χ0) is 10.8. The highest BCUT2D eigenvalue weighted by molar-refractivity contribution is 6.05. The number of carbonyl (C=O) groups is 2. The van der Waals surface area contributed by atoms with Gasteiger partial charge in [0.05, 0.1) is 5.41 Å². The first-order valence-electron chi connectivity index (χ1n) is 5.38. The lowest BCUT2D eigenvalue weighted by molar-refractivity contribution is -0.129. The minimum Gasteiger partial charge on any atom is -0.296 e. The average Bonchev–Trinajstić information content (AvgIpc) is 2.42. The summed E-state index contributed by atoms with van der Waals surface area (Å²) in [6.07, 6.45) is 3.03. The summed E-state index contributed by atoms with van der Waals surface area (Å²) in [6, 6.07) is 0. The molecule has 0 aliphatic carbocycles. The number of carbonyl (C=O) groups excluding carboxylic acids is 2. The van der Waals surface area contributed by atoms with Gasteiger partial charge in [0, 0.05) is 6.42 Å². The van der Waals surface area contributed by atoms with E-state index in [-0.39, 0.29) is 11.8 Å². The molecule has 1 fully saturated rings. The molecule has 2 atom stereocenters. The summed E-state index contributed by atoms with van der Waals surface area (Å²) in [7, 11) is 0. The molecular formula is C11H19NO2. The number of hydrogen-bond acceptors (Lipinski definition) is 2. The quantitative estimate of drug-likeness (QED) is 0.699. The van der Waals surface area contributed by atoms with Crippen LogP contribution in [0.2, 0.25) is 0 Å². The van der Waals surface area contributed by atoms with E-state index in [1.165, 1.54) is 0 Å². The Bertz CT molecular complexity index is 250. The SMILES string of the molecule is CCC(C)CC1(CC)CC(=O)NC1=O. The first kappa shape index (κ1) is 11.2. The van der Waals surface area contributed by atoms with Crippen LogP contribution in [0.15, 0.2) is 0 Å². The largest absolute Gasteiger partial charge is 0.296 e. The van der Waals surface area contributed by atoms with Crippen LogP contribution in [-0.2, 0) is 9.59 Å². The predicted molar refractivity (Wildman–Crippen MR) is 54.6 cm³/mol. The molecule has 2 unspecified atom stereocenters. The van der Waals surface area contributed by atoms with Crippen LogP contribution in [0.1, 0.15) is 46.5 Å². The molecule has 0 aromatic carbocycles. The summed E-state index contributed by atoms with van der Waals surface area (Å²) in [4.78, 5) is 22.8. The Kier molecular flexibility index (Phi) is 3.29. The van der Waals surface area contributed by atoms with Crippen molar-refractivity contribution in [1.82, 2.24) is 5.32 Å². The molecule has 3 nitrogen and oxygen atoms in total. The van der Waals surface area contributed by atoms with Crippen molar-refractivity contribution in [1.29, 1.82) is 0 Å². The van der Waals surface area contributed by atoms with Crippen LogP contribution < -0.4 is 5.32 Å². The standard InChI is InChI=1S/C11H19NO2/c1-4-8(3)6-11(5-2)7-9(13)12-10(11)14/h8H,4-7H2,1-3H3,(H,12,13,14). The third-order valence-corrected chi connectivity index (χ3v) is 3.35. The van der Waals surface area contributed by atoms with E-state index < -0.39 is 5.41 Å². The van der Waals surface area contributed by atoms with Crippen LogP contribution in [0.5, 0.6) is 0 Å². The molecule has 0 spiro atoms. The predicted octanol–water partition coefficient (Wildman–Crippen LogP) is 1.87. The van der Waals surface area contributed by atoms with Gasteiger partial charge in [-0.15, -0.1) is 0 Å². The number of nitrogens with one attached hydrogen (secondary N) is 1. The molecule has 1 heterocycles. The normalized spacial score (nSPS) is 29.1. The van der Waals surface area contributed by atoms with Gasteiger partial charge in [-0.2, -0.15) is 0 Å². The van der Waals surface area contributed by atoms with Crippen LogP contribution in [0.4, 0.5) is 0 Å². The molecule has 0 aromatic rings. The van der Waals surface area contributed by atoms with Gasteiger partial charge in [-0.3, -0.25) is 14.9 Å². The maximum absolute atomic E-state index is 11.7. The Hall–Kier alpha value is -0.860. The van der Waals surface area contributed by atoms with Gasteiger partial charge in [0.15, 0.2) is 0 Å². The summed E-state index contributed by atoms with van der Waals surface area (Å²) < 4.78 is 0. The summed E-state index contributed by atoms with van der Waals surface area (Å²) in [5.74, 6) is 0.331. The third-order valence-electron chi connectivity index (χ3n) is 3.35. The van der Waals surface area contributed by atoms with Crippen molar-refractivity contribution < 1.29 is 9.59 Å². The molecule has 14 heavy (non-hydrogen) atoms. The zero-order valence-electron chi connectivity index (χ0n) is 9.22. The maximum Gasteiger partial charge on any atom is 0.233 e. The Morgan fingerprint density at radius 3 is 2.43 bits per heavy atom. The van der Waals surface area contributed by atoms with Crippen molar-refractivity contribution >= 4 is 11.8 Å². The van der Waals surface area contributed by atoms with Gasteiger partial charge in [0.1, 0.15) is 0 Å². The minimum absolute atomic E-state index is 0.0645. The highest BCUT2D eigenvalue weighted by Gasteiger charge is 2.45. The smallest absolute Gasteiger partial charge is 0.233 e.